The summed E-state index contributed by atoms with van der Waals surface area (Å²) in [5, 5.41) is 8.67. The fourth-order valence-electron chi connectivity index (χ4n) is 2.33. The number of carbonyl (C=O) groups excluding carboxylic acids is 1. The molecule has 1 heterocycles. The molecule has 19 heavy (non-hydrogen) atoms. The van der Waals surface area contributed by atoms with Gasteiger partial charge in [0.05, 0.1) is 13.1 Å². The van der Waals surface area contributed by atoms with Crippen LogP contribution in [0.4, 0.5) is 0 Å². The molecule has 5 heteroatoms. The van der Waals surface area contributed by atoms with Crippen molar-refractivity contribution < 1.29 is 14.7 Å². The predicted molar refractivity (Wildman–Crippen MR) is 70.7 cm³/mol. The van der Waals surface area contributed by atoms with Crippen LogP contribution in [0.3, 0.4) is 0 Å². The quantitative estimate of drug-likeness (QED) is 0.862. The zero-order valence-corrected chi connectivity index (χ0v) is 11.0. The number of hydrogen-bond acceptors (Lipinski definition) is 3. The van der Waals surface area contributed by atoms with Gasteiger partial charge in [0.15, 0.2) is 0 Å². The van der Waals surface area contributed by atoms with Gasteiger partial charge in [0.25, 0.3) is 0 Å². The van der Waals surface area contributed by atoms with E-state index in [1.54, 1.807) is 11.9 Å². The number of rotatable bonds is 4. The van der Waals surface area contributed by atoms with Gasteiger partial charge in [0, 0.05) is 13.1 Å². The molecule has 0 atom stereocenters. The van der Waals surface area contributed by atoms with Gasteiger partial charge in [-0.15, -0.1) is 0 Å². The van der Waals surface area contributed by atoms with E-state index in [4.69, 9.17) is 5.11 Å². The van der Waals surface area contributed by atoms with Crippen LogP contribution in [0.5, 0.6) is 0 Å². The Morgan fingerprint density at radius 2 is 1.95 bits per heavy atom. The number of carboxylic acid groups (broad SMARTS) is 1. The van der Waals surface area contributed by atoms with Gasteiger partial charge >= 0.3 is 5.97 Å². The highest BCUT2D eigenvalue weighted by Gasteiger charge is 2.21. The number of fused-ring (bicyclic) bond motifs is 1. The second kappa shape index (κ2) is 5.84. The van der Waals surface area contributed by atoms with Crippen molar-refractivity contribution in [3.63, 3.8) is 0 Å². The van der Waals surface area contributed by atoms with E-state index in [1.807, 2.05) is 18.2 Å². The van der Waals surface area contributed by atoms with E-state index in [1.165, 1.54) is 16.0 Å². The Hall–Kier alpha value is -1.88. The van der Waals surface area contributed by atoms with Crippen molar-refractivity contribution in [2.75, 3.05) is 26.7 Å². The Labute approximate surface area is 112 Å². The minimum Gasteiger partial charge on any atom is -0.480 e. The Bertz CT molecular complexity index is 487. The molecule has 1 aliphatic rings. The van der Waals surface area contributed by atoms with Crippen LogP contribution >= 0.6 is 0 Å². The summed E-state index contributed by atoms with van der Waals surface area (Å²) in [6.45, 7) is 1.36. The highest BCUT2D eigenvalue weighted by molar-refractivity contribution is 5.79. The molecule has 0 spiro atoms. The van der Waals surface area contributed by atoms with Crippen molar-refractivity contribution in [2.45, 2.75) is 13.0 Å². The number of benzene rings is 1. The van der Waals surface area contributed by atoms with Gasteiger partial charge in [-0.2, -0.15) is 0 Å². The number of aliphatic carboxylic acids is 1. The van der Waals surface area contributed by atoms with Crippen molar-refractivity contribution in [3.05, 3.63) is 35.4 Å². The molecular weight excluding hydrogens is 244 g/mol. The van der Waals surface area contributed by atoms with Crippen molar-refractivity contribution in [1.82, 2.24) is 9.80 Å². The number of nitrogens with zero attached hydrogens (tertiary/aromatic N) is 2. The molecule has 0 fully saturated rings. The second-order valence-electron chi connectivity index (χ2n) is 4.90. The fraction of sp³-hybridized carbons (Fsp3) is 0.429. The normalized spacial score (nSPS) is 14.3. The number of carboxylic acids is 1. The van der Waals surface area contributed by atoms with Gasteiger partial charge in [0.1, 0.15) is 0 Å². The number of carbonyl (C=O) groups is 2. The Balaban J connectivity index is 1.93. The van der Waals surface area contributed by atoms with Crippen molar-refractivity contribution in [1.29, 1.82) is 0 Å². The molecule has 0 aromatic heterocycles. The van der Waals surface area contributed by atoms with E-state index in [0.29, 0.717) is 13.1 Å². The summed E-state index contributed by atoms with van der Waals surface area (Å²) < 4.78 is 0. The topological polar surface area (TPSA) is 60.9 Å². The first-order valence-corrected chi connectivity index (χ1v) is 6.31. The van der Waals surface area contributed by atoms with Crippen molar-refractivity contribution in [2.24, 2.45) is 0 Å². The molecule has 0 aliphatic carbocycles. The number of hydrogen-bond donors (Lipinski definition) is 1. The Morgan fingerprint density at radius 1 is 1.26 bits per heavy atom. The molecule has 0 saturated heterocycles. The largest absolute Gasteiger partial charge is 0.480 e. The monoisotopic (exact) mass is 262 g/mol. The van der Waals surface area contributed by atoms with E-state index in [2.05, 4.69) is 6.07 Å². The predicted octanol–water partition coefficient (Wildman–Crippen LogP) is 0.588. The third-order valence-electron chi connectivity index (χ3n) is 3.29. The highest BCUT2D eigenvalue weighted by atomic mass is 16.4. The Morgan fingerprint density at radius 3 is 2.63 bits per heavy atom. The van der Waals surface area contributed by atoms with Crippen LogP contribution < -0.4 is 0 Å². The zero-order chi connectivity index (χ0) is 13.8. The molecule has 0 bridgehead atoms. The smallest absolute Gasteiger partial charge is 0.317 e. The molecule has 0 radical (unpaired) electrons. The summed E-state index contributed by atoms with van der Waals surface area (Å²) >= 11 is 0. The first kappa shape index (κ1) is 13.5. The van der Waals surface area contributed by atoms with Gasteiger partial charge in [-0.05, 0) is 24.6 Å². The maximum Gasteiger partial charge on any atom is 0.317 e. The van der Waals surface area contributed by atoms with Crippen LogP contribution in [0.1, 0.15) is 11.1 Å². The fourth-order valence-corrected chi connectivity index (χ4v) is 2.33. The average molecular weight is 262 g/mol. The number of amides is 1. The standard InChI is InChI=1S/C14H18N2O3/c1-15(10-14(18)19)9-13(17)16-7-6-11-4-2-3-5-12(11)8-16/h2-5H,6-10H2,1H3,(H,18,19). The lowest BCUT2D eigenvalue weighted by Crippen LogP contribution is -2.42. The second-order valence-corrected chi connectivity index (χ2v) is 4.90. The van der Waals surface area contributed by atoms with Gasteiger partial charge in [-0.1, -0.05) is 24.3 Å². The SMILES string of the molecule is CN(CC(=O)O)CC(=O)N1CCc2ccccc2C1. The molecule has 1 aromatic carbocycles. The lowest BCUT2D eigenvalue weighted by atomic mass is 10.00. The third-order valence-corrected chi connectivity index (χ3v) is 3.29. The van der Waals surface area contributed by atoms with Crippen LogP contribution in [0.2, 0.25) is 0 Å². The summed E-state index contributed by atoms with van der Waals surface area (Å²) in [5.74, 6) is -0.933. The molecule has 1 amide bonds. The molecule has 0 saturated carbocycles. The molecule has 1 N–H and O–H groups in total. The van der Waals surface area contributed by atoms with E-state index in [-0.39, 0.29) is 19.0 Å². The van der Waals surface area contributed by atoms with Crippen LogP contribution in [0.25, 0.3) is 0 Å². The van der Waals surface area contributed by atoms with Crippen LogP contribution in [-0.4, -0.2) is 53.5 Å². The molecule has 1 aromatic rings. The summed E-state index contributed by atoms with van der Waals surface area (Å²) in [5.41, 5.74) is 2.48. The third kappa shape index (κ3) is 3.54. The maximum absolute atomic E-state index is 12.1. The molecule has 0 unspecified atom stereocenters. The van der Waals surface area contributed by atoms with Crippen LogP contribution in [0.15, 0.2) is 24.3 Å². The van der Waals surface area contributed by atoms with Crippen LogP contribution in [-0.2, 0) is 22.6 Å². The molecule has 2 rings (SSSR count). The average Bonchev–Trinajstić information content (AvgIpc) is 2.37. The van der Waals surface area contributed by atoms with Gasteiger partial charge in [-0.25, -0.2) is 0 Å². The van der Waals surface area contributed by atoms with Gasteiger partial charge in [0.2, 0.25) is 5.91 Å². The summed E-state index contributed by atoms with van der Waals surface area (Å²) in [4.78, 5) is 26.0. The highest BCUT2D eigenvalue weighted by Crippen LogP contribution is 2.18. The summed E-state index contributed by atoms with van der Waals surface area (Å²) in [6, 6.07) is 8.11. The summed E-state index contributed by atoms with van der Waals surface area (Å²) in [6.07, 6.45) is 0.866. The molecular formula is C14H18N2O3. The Kier molecular flexibility index (Phi) is 4.16. The lowest BCUT2D eigenvalue weighted by molar-refractivity contribution is -0.139. The van der Waals surface area contributed by atoms with E-state index in [0.717, 1.165) is 6.42 Å². The lowest BCUT2D eigenvalue weighted by Gasteiger charge is -2.30. The minimum atomic E-state index is -0.917. The van der Waals surface area contributed by atoms with E-state index >= 15 is 0 Å². The summed E-state index contributed by atoms with van der Waals surface area (Å²) in [7, 11) is 1.64. The molecule has 5 nitrogen and oxygen atoms in total. The first-order valence-electron chi connectivity index (χ1n) is 6.31. The maximum atomic E-state index is 12.1. The first-order chi connectivity index (χ1) is 9.06. The van der Waals surface area contributed by atoms with E-state index in [9.17, 15) is 9.59 Å². The number of likely N-dealkylation sites (N-methyl/N-ethyl adjacent to an activating group) is 1. The van der Waals surface area contributed by atoms with Gasteiger partial charge < -0.3 is 10.0 Å². The zero-order valence-electron chi connectivity index (χ0n) is 11.0. The molecule has 102 valence electrons. The van der Waals surface area contributed by atoms with E-state index < -0.39 is 5.97 Å². The molecule has 1 aliphatic heterocycles. The van der Waals surface area contributed by atoms with Crippen molar-refractivity contribution in [3.8, 4) is 0 Å². The van der Waals surface area contributed by atoms with Gasteiger partial charge in [-0.3, -0.25) is 14.5 Å². The van der Waals surface area contributed by atoms with Crippen LogP contribution in [0, 0.1) is 0 Å². The minimum absolute atomic E-state index is 0.0155. The van der Waals surface area contributed by atoms with Crippen molar-refractivity contribution >= 4 is 11.9 Å².